The number of aryl methyl sites for hydroxylation is 1. The highest BCUT2D eigenvalue weighted by Crippen LogP contribution is 2.18. The molecule has 3 nitrogen and oxygen atoms in total. The average Bonchev–Trinajstić information content (AvgIpc) is 2.59. The van der Waals surface area contributed by atoms with Gasteiger partial charge in [0.05, 0.1) is 5.56 Å². The zero-order chi connectivity index (χ0) is 14.7. The molecule has 5 heteroatoms. The molecule has 0 radical (unpaired) electrons. The highest BCUT2D eigenvalue weighted by molar-refractivity contribution is 5.94. The Kier molecular flexibility index (Phi) is 4.70. The Morgan fingerprint density at radius 1 is 1.20 bits per heavy atom. The van der Waals surface area contributed by atoms with Crippen LogP contribution in [0.4, 0.5) is 8.78 Å². The maximum Gasteiger partial charge on any atom is 0.254 e. The third-order valence-electron chi connectivity index (χ3n) is 3.88. The molecule has 110 valence electrons. The fourth-order valence-corrected chi connectivity index (χ4v) is 2.59. The molecule has 20 heavy (non-hydrogen) atoms. The molecule has 0 spiro atoms. The van der Waals surface area contributed by atoms with Crippen molar-refractivity contribution in [3.63, 3.8) is 0 Å². The molecule has 0 saturated heterocycles. The van der Waals surface area contributed by atoms with E-state index < -0.39 is 17.5 Å². The number of hydrogen-bond donors (Lipinski definition) is 2. The Balaban J connectivity index is 2.13. The van der Waals surface area contributed by atoms with Crippen LogP contribution in [-0.2, 0) is 0 Å². The molecule has 1 aromatic carbocycles. The number of halogens is 2. The average molecular weight is 282 g/mol. The van der Waals surface area contributed by atoms with Crippen LogP contribution in [-0.4, -0.2) is 18.0 Å². The molecule has 2 rings (SSSR count). The van der Waals surface area contributed by atoms with E-state index >= 15 is 0 Å². The van der Waals surface area contributed by atoms with E-state index in [0.717, 1.165) is 38.2 Å². The Morgan fingerprint density at radius 2 is 1.90 bits per heavy atom. The lowest BCUT2D eigenvalue weighted by Gasteiger charge is -2.23. The number of amides is 1. The van der Waals surface area contributed by atoms with Gasteiger partial charge in [0.25, 0.3) is 5.91 Å². The van der Waals surface area contributed by atoms with Crippen LogP contribution >= 0.6 is 0 Å². The van der Waals surface area contributed by atoms with Crippen LogP contribution in [0.15, 0.2) is 12.1 Å². The summed E-state index contributed by atoms with van der Waals surface area (Å²) in [6, 6.07) is 1.74. The predicted molar refractivity (Wildman–Crippen MR) is 73.4 cm³/mol. The number of carbonyl (C=O) groups excluding carboxylic acids is 1. The zero-order valence-electron chi connectivity index (χ0n) is 11.6. The predicted octanol–water partition coefficient (Wildman–Crippen LogP) is 2.66. The van der Waals surface area contributed by atoms with E-state index in [1.165, 1.54) is 13.0 Å². The molecule has 2 unspecified atom stereocenters. The first-order chi connectivity index (χ1) is 9.49. The molecule has 3 N–H and O–H groups in total. The second kappa shape index (κ2) is 6.31. The minimum Gasteiger partial charge on any atom is -0.348 e. The topological polar surface area (TPSA) is 55.1 Å². The molecule has 1 fully saturated rings. The molecular formula is C15H20F2N2O. The third-order valence-corrected chi connectivity index (χ3v) is 3.88. The summed E-state index contributed by atoms with van der Waals surface area (Å²) in [5, 5.41) is 2.79. The second-order valence-corrected chi connectivity index (χ2v) is 5.46. The smallest absolute Gasteiger partial charge is 0.254 e. The van der Waals surface area contributed by atoms with Gasteiger partial charge in [0.1, 0.15) is 11.6 Å². The van der Waals surface area contributed by atoms with Gasteiger partial charge in [0, 0.05) is 18.2 Å². The largest absolute Gasteiger partial charge is 0.348 e. The molecule has 1 aromatic rings. The van der Waals surface area contributed by atoms with E-state index in [0.29, 0.717) is 0 Å². The van der Waals surface area contributed by atoms with Gasteiger partial charge in [-0.05, 0) is 31.4 Å². The van der Waals surface area contributed by atoms with Gasteiger partial charge < -0.3 is 11.1 Å². The Hall–Kier alpha value is -1.49. The van der Waals surface area contributed by atoms with Crippen LogP contribution in [0.3, 0.4) is 0 Å². The second-order valence-electron chi connectivity index (χ2n) is 5.46. The van der Waals surface area contributed by atoms with Crippen LogP contribution in [0.1, 0.15) is 48.0 Å². The fraction of sp³-hybridized carbons (Fsp3) is 0.533. The highest BCUT2D eigenvalue weighted by Gasteiger charge is 2.24. The fourth-order valence-electron chi connectivity index (χ4n) is 2.59. The molecule has 0 bridgehead atoms. The Labute approximate surface area is 117 Å². The zero-order valence-corrected chi connectivity index (χ0v) is 11.6. The maximum atomic E-state index is 13.7. The number of carbonyl (C=O) groups is 1. The first-order valence-corrected chi connectivity index (χ1v) is 7.01. The summed E-state index contributed by atoms with van der Waals surface area (Å²) in [5.74, 6) is -2.01. The van der Waals surface area contributed by atoms with Crippen molar-refractivity contribution in [3.05, 3.63) is 34.9 Å². The van der Waals surface area contributed by atoms with Crippen molar-refractivity contribution in [1.29, 1.82) is 0 Å². The van der Waals surface area contributed by atoms with Crippen molar-refractivity contribution >= 4 is 5.91 Å². The van der Waals surface area contributed by atoms with Crippen molar-refractivity contribution < 1.29 is 13.6 Å². The van der Waals surface area contributed by atoms with E-state index in [1.807, 2.05) is 0 Å². The van der Waals surface area contributed by atoms with Crippen LogP contribution < -0.4 is 11.1 Å². The molecular weight excluding hydrogens is 262 g/mol. The molecule has 1 amide bonds. The molecule has 0 aromatic heterocycles. The van der Waals surface area contributed by atoms with Gasteiger partial charge in [-0.3, -0.25) is 4.79 Å². The van der Waals surface area contributed by atoms with Gasteiger partial charge in [0.15, 0.2) is 0 Å². The number of hydrogen-bond acceptors (Lipinski definition) is 2. The third kappa shape index (κ3) is 3.33. The van der Waals surface area contributed by atoms with Gasteiger partial charge in [-0.1, -0.05) is 19.3 Å². The number of rotatable bonds is 2. The monoisotopic (exact) mass is 282 g/mol. The normalized spacial score (nSPS) is 23.2. The van der Waals surface area contributed by atoms with Crippen LogP contribution in [0.2, 0.25) is 0 Å². The Morgan fingerprint density at radius 3 is 2.65 bits per heavy atom. The first kappa shape index (κ1) is 14.9. The van der Waals surface area contributed by atoms with Crippen LogP contribution in [0.5, 0.6) is 0 Å². The van der Waals surface area contributed by atoms with Gasteiger partial charge >= 0.3 is 0 Å². The van der Waals surface area contributed by atoms with E-state index in [4.69, 9.17) is 5.73 Å². The van der Waals surface area contributed by atoms with Crippen molar-refractivity contribution in [2.75, 3.05) is 0 Å². The molecule has 2 atom stereocenters. The standard InChI is InChI=1S/C15H20F2N2O/c1-9-7-10(12(17)8-11(9)16)15(20)19-14-6-4-2-3-5-13(14)18/h7-8,13-14H,2-6,18H2,1H3,(H,19,20). The van der Waals surface area contributed by atoms with Crippen molar-refractivity contribution in [2.24, 2.45) is 5.73 Å². The summed E-state index contributed by atoms with van der Waals surface area (Å²) in [5.41, 5.74) is 6.16. The first-order valence-electron chi connectivity index (χ1n) is 7.01. The van der Waals surface area contributed by atoms with Crippen molar-refractivity contribution in [1.82, 2.24) is 5.32 Å². The summed E-state index contributed by atoms with van der Waals surface area (Å²) >= 11 is 0. The van der Waals surface area contributed by atoms with Gasteiger partial charge in [-0.15, -0.1) is 0 Å². The van der Waals surface area contributed by atoms with E-state index in [1.54, 1.807) is 0 Å². The minimum atomic E-state index is -0.840. The van der Waals surface area contributed by atoms with Crippen LogP contribution in [0, 0.1) is 18.6 Å². The lowest BCUT2D eigenvalue weighted by molar-refractivity contribution is 0.0924. The van der Waals surface area contributed by atoms with Gasteiger partial charge in [-0.2, -0.15) is 0 Å². The van der Waals surface area contributed by atoms with Gasteiger partial charge in [0.2, 0.25) is 0 Å². The quantitative estimate of drug-likeness (QED) is 0.819. The Bertz CT molecular complexity index is 505. The molecule has 1 aliphatic carbocycles. The number of benzene rings is 1. The van der Waals surface area contributed by atoms with E-state index in [2.05, 4.69) is 5.32 Å². The summed E-state index contributed by atoms with van der Waals surface area (Å²) < 4.78 is 26.9. The maximum absolute atomic E-state index is 13.7. The van der Waals surface area contributed by atoms with Gasteiger partial charge in [-0.25, -0.2) is 8.78 Å². The number of nitrogens with two attached hydrogens (primary N) is 1. The SMILES string of the molecule is Cc1cc(C(=O)NC2CCCCCC2N)c(F)cc1F. The molecule has 0 aliphatic heterocycles. The lowest BCUT2D eigenvalue weighted by atomic mass is 10.0. The molecule has 1 aliphatic rings. The highest BCUT2D eigenvalue weighted by atomic mass is 19.1. The van der Waals surface area contributed by atoms with Crippen LogP contribution in [0.25, 0.3) is 0 Å². The van der Waals surface area contributed by atoms with E-state index in [9.17, 15) is 13.6 Å². The summed E-state index contributed by atoms with van der Waals surface area (Å²) in [4.78, 5) is 12.1. The molecule has 0 heterocycles. The number of nitrogens with one attached hydrogen (secondary N) is 1. The van der Waals surface area contributed by atoms with Crippen molar-refractivity contribution in [2.45, 2.75) is 51.1 Å². The van der Waals surface area contributed by atoms with E-state index in [-0.39, 0.29) is 23.2 Å². The summed E-state index contributed by atoms with van der Waals surface area (Å²) in [7, 11) is 0. The summed E-state index contributed by atoms with van der Waals surface area (Å²) in [6.45, 7) is 1.50. The minimum absolute atomic E-state index is 0.106. The lowest BCUT2D eigenvalue weighted by Crippen LogP contribution is -2.47. The summed E-state index contributed by atoms with van der Waals surface area (Å²) in [6.07, 6.45) is 4.82. The van der Waals surface area contributed by atoms with Crippen molar-refractivity contribution in [3.8, 4) is 0 Å². The molecule has 1 saturated carbocycles.